The van der Waals surface area contributed by atoms with Gasteiger partial charge < -0.3 is 26.5 Å². The van der Waals surface area contributed by atoms with Gasteiger partial charge in [-0.1, -0.05) is 35.5 Å². The predicted octanol–water partition coefficient (Wildman–Crippen LogP) is 2.06. The number of rotatable bonds is 8. The average molecular weight is 520 g/mol. The number of amides is 2. The first kappa shape index (κ1) is 23.7. The number of anilines is 2. The van der Waals surface area contributed by atoms with Crippen molar-refractivity contribution in [2.24, 2.45) is 5.16 Å². The van der Waals surface area contributed by atoms with Gasteiger partial charge in [0.15, 0.2) is 5.69 Å². The quantitative estimate of drug-likeness (QED) is 0.0756. The van der Waals surface area contributed by atoms with Crippen LogP contribution in [0.1, 0.15) is 11.3 Å². The Labute approximate surface area is 195 Å². The van der Waals surface area contributed by atoms with Crippen LogP contribution in [-0.2, 0) is 16.1 Å². The maximum atomic E-state index is 13.4. The first-order chi connectivity index (χ1) is 16.0. The van der Waals surface area contributed by atoms with E-state index in [1.54, 1.807) is 0 Å². The Bertz CT molecular complexity index is 1140. The molecule has 172 valence electrons. The number of benzene rings is 2. The van der Waals surface area contributed by atoms with Gasteiger partial charge in [-0.3, -0.25) is 9.59 Å². The zero-order chi connectivity index (χ0) is 23.6. The Balaban J connectivity index is 1.47. The van der Waals surface area contributed by atoms with Gasteiger partial charge >= 0.3 is 11.8 Å². The molecule has 33 heavy (non-hydrogen) atoms. The van der Waals surface area contributed by atoms with E-state index in [4.69, 9.17) is 0 Å². The van der Waals surface area contributed by atoms with Gasteiger partial charge in [0.1, 0.15) is 5.82 Å². The van der Waals surface area contributed by atoms with Gasteiger partial charge in [0, 0.05) is 25.3 Å². The zero-order valence-corrected chi connectivity index (χ0v) is 18.6. The fourth-order valence-corrected chi connectivity index (χ4v) is 2.98. The van der Waals surface area contributed by atoms with Crippen molar-refractivity contribution >= 4 is 45.1 Å². The highest BCUT2D eigenvalue weighted by Crippen LogP contribution is 2.21. The van der Waals surface area contributed by atoms with Crippen molar-refractivity contribution in [3.05, 3.63) is 70.1 Å². The summed E-state index contributed by atoms with van der Waals surface area (Å²) in [6.45, 7) is 0.494. The summed E-state index contributed by atoms with van der Waals surface area (Å²) >= 11 is 3.07. The van der Waals surface area contributed by atoms with Crippen molar-refractivity contribution in [1.82, 2.24) is 20.9 Å². The summed E-state index contributed by atoms with van der Waals surface area (Å²) in [6.07, 6.45) is 0. The van der Waals surface area contributed by atoms with Crippen LogP contribution in [0.5, 0.6) is 0 Å². The fraction of sp³-hybridized carbons (Fsp3) is 0.150. The summed E-state index contributed by atoms with van der Waals surface area (Å²) in [7, 11) is 0. The van der Waals surface area contributed by atoms with Gasteiger partial charge in [0.05, 0.1) is 4.47 Å². The number of carbonyl (C=O) groups is 2. The largest absolute Gasteiger partial charge is 0.409 e. The Kier molecular flexibility index (Phi) is 8.30. The highest BCUT2D eigenvalue weighted by molar-refractivity contribution is 9.10. The Morgan fingerprint density at radius 3 is 2.55 bits per heavy atom. The number of nitrogens with one attached hydrogen (secondary N) is 4. The number of halogens is 2. The summed E-state index contributed by atoms with van der Waals surface area (Å²) in [4.78, 5) is 23.8. The number of hydrogen-bond donors (Lipinski definition) is 5. The predicted molar refractivity (Wildman–Crippen MR) is 120 cm³/mol. The maximum absolute atomic E-state index is 13.4. The third-order valence-electron chi connectivity index (χ3n) is 4.20. The van der Waals surface area contributed by atoms with Crippen LogP contribution >= 0.6 is 15.9 Å². The summed E-state index contributed by atoms with van der Waals surface area (Å²) in [6, 6.07) is 13.3. The molecule has 0 fully saturated rings. The van der Waals surface area contributed by atoms with Crippen LogP contribution in [0.2, 0.25) is 0 Å². The van der Waals surface area contributed by atoms with Gasteiger partial charge in [-0.2, -0.15) is 0 Å². The smallest absolute Gasteiger partial charge is 0.309 e. The van der Waals surface area contributed by atoms with E-state index in [-0.39, 0.29) is 41.5 Å². The molecule has 1 aromatic heterocycles. The molecule has 0 aliphatic heterocycles. The lowest BCUT2D eigenvalue weighted by atomic mass is 10.2. The molecule has 0 saturated heterocycles. The SMILES string of the molecule is O=C(NCCNc1nonc1/C(=N/O)Nc1ccc(F)c(Br)c1)C(=O)NCc1ccccc1. The second-order valence-corrected chi connectivity index (χ2v) is 7.37. The van der Waals surface area contributed by atoms with E-state index in [1.165, 1.54) is 18.2 Å². The molecule has 0 aliphatic carbocycles. The number of hydrogen-bond acceptors (Lipinski definition) is 8. The maximum Gasteiger partial charge on any atom is 0.309 e. The van der Waals surface area contributed by atoms with Crippen LogP contribution < -0.4 is 21.3 Å². The number of aromatic nitrogens is 2. The standard InChI is InChI=1S/C20H19BrFN7O4/c21-14-10-13(6-7-15(14)22)26-18(27-32)16-17(29-33-28-16)23-8-9-24-19(30)20(31)25-11-12-4-2-1-3-5-12/h1-7,10,32H,8-9,11H2,(H,23,29)(H,24,30)(H,25,31)(H,26,27). The second-order valence-electron chi connectivity index (χ2n) is 6.51. The number of oxime groups is 1. The van der Waals surface area contributed by atoms with Crippen molar-refractivity contribution in [3.63, 3.8) is 0 Å². The monoisotopic (exact) mass is 519 g/mol. The van der Waals surface area contributed by atoms with Crippen LogP contribution in [0.25, 0.3) is 0 Å². The summed E-state index contributed by atoms with van der Waals surface area (Å²) < 4.78 is 18.3. The van der Waals surface area contributed by atoms with E-state index in [0.717, 1.165) is 5.56 Å². The van der Waals surface area contributed by atoms with Crippen LogP contribution in [-0.4, -0.2) is 46.3 Å². The van der Waals surface area contributed by atoms with Crippen molar-refractivity contribution in [1.29, 1.82) is 0 Å². The lowest BCUT2D eigenvalue weighted by Crippen LogP contribution is -2.41. The summed E-state index contributed by atoms with van der Waals surface area (Å²) in [5.74, 6) is -1.98. The van der Waals surface area contributed by atoms with E-state index in [2.05, 4.69) is 57.3 Å². The van der Waals surface area contributed by atoms with E-state index < -0.39 is 17.6 Å². The van der Waals surface area contributed by atoms with Crippen molar-refractivity contribution in [2.75, 3.05) is 23.7 Å². The first-order valence-electron chi connectivity index (χ1n) is 9.59. The third kappa shape index (κ3) is 6.74. The molecule has 13 heteroatoms. The van der Waals surface area contributed by atoms with Gasteiger partial charge in [-0.25, -0.2) is 9.02 Å². The summed E-state index contributed by atoms with van der Waals surface area (Å²) in [5.41, 5.74) is 1.33. The zero-order valence-electron chi connectivity index (χ0n) is 17.0. The van der Waals surface area contributed by atoms with E-state index in [1.807, 2.05) is 30.3 Å². The van der Waals surface area contributed by atoms with Crippen molar-refractivity contribution < 1.29 is 23.8 Å². The molecule has 3 aromatic rings. The van der Waals surface area contributed by atoms with Crippen LogP contribution in [0.4, 0.5) is 15.9 Å². The minimum absolute atomic E-state index is 0.0462. The van der Waals surface area contributed by atoms with E-state index in [0.29, 0.717) is 5.69 Å². The molecule has 2 amide bonds. The molecular weight excluding hydrogens is 501 g/mol. The minimum atomic E-state index is -0.785. The average Bonchev–Trinajstić information content (AvgIpc) is 3.29. The number of carbonyl (C=O) groups excluding carboxylic acids is 2. The van der Waals surface area contributed by atoms with Gasteiger partial charge in [0.2, 0.25) is 11.7 Å². The van der Waals surface area contributed by atoms with Crippen LogP contribution in [0.15, 0.2) is 62.8 Å². The van der Waals surface area contributed by atoms with Gasteiger partial charge in [-0.15, -0.1) is 0 Å². The molecule has 5 N–H and O–H groups in total. The molecule has 0 unspecified atom stereocenters. The highest BCUT2D eigenvalue weighted by Gasteiger charge is 2.18. The lowest BCUT2D eigenvalue weighted by Gasteiger charge is -2.09. The Morgan fingerprint density at radius 2 is 1.82 bits per heavy atom. The van der Waals surface area contributed by atoms with Crippen LogP contribution in [0, 0.1) is 5.82 Å². The molecule has 1 heterocycles. The first-order valence-corrected chi connectivity index (χ1v) is 10.4. The topological polar surface area (TPSA) is 154 Å². The minimum Gasteiger partial charge on any atom is -0.409 e. The molecule has 0 spiro atoms. The third-order valence-corrected chi connectivity index (χ3v) is 4.81. The molecule has 2 aromatic carbocycles. The molecule has 3 rings (SSSR count). The summed E-state index contributed by atoms with van der Waals surface area (Å²) in [5, 5.41) is 30.5. The second kappa shape index (κ2) is 11.6. The molecule has 11 nitrogen and oxygen atoms in total. The molecule has 0 saturated carbocycles. The van der Waals surface area contributed by atoms with E-state index in [9.17, 15) is 19.2 Å². The Morgan fingerprint density at radius 1 is 1.06 bits per heavy atom. The Hall–Kier alpha value is -4.00. The highest BCUT2D eigenvalue weighted by atomic mass is 79.9. The van der Waals surface area contributed by atoms with Crippen molar-refractivity contribution in [2.45, 2.75) is 6.54 Å². The number of amidine groups is 1. The van der Waals surface area contributed by atoms with Crippen molar-refractivity contribution in [3.8, 4) is 0 Å². The molecular formula is C20H19BrFN7O4. The van der Waals surface area contributed by atoms with E-state index >= 15 is 0 Å². The van der Waals surface area contributed by atoms with Gasteiger partial charge in [-0.05, 0) is 50.0 Å². The molecule has 0 atom stereocenters. The fourth-order valence-electron chi connectivity index (χ4n) is 2.60. The molecule has 0 radical (unpaired) electrons. The van der Waals surface area contributed by atoms with Crippen LogP contribution in [0.3, 0.4) is 0 Å². The number of nitrogens with zero attached hydrogens (tertiary/aromatic N) is 3. The van der Waals surface area contributed by atoms with Gasteiger partial charge in [0.25, 0.3) is 0 Å². The lowest BCUT2D eigenvalue weighted by molar-refractivity contribution is -0.139. The molecule has 0 bridgehead atoms. The molecule has 0 aliphatic rings. The normalized spacial score (nSPS) is 11.0.